The summed E-state index contributed by atoms with van der Waals surface area (Å²) in [6.45, 7) is 11.7. The molecule has 0 fully saturated rings. The molecular weight excluding hydrogens is 432 g/mol. The van der Waals surface area contributed by atoms with Crippen molar-refractivity contribution in [1.29, 1.82) is 0 Å². The molecule has 9 nitrogen and oxygen atoms in total. The zero-order valence-electron chi connectivity index (χ0n) is 19.4. The second-order valence-electron chi connectivity index (χ2n) is 7.01. The van der Waals surface area contributed by atoms with Crippen LogP contribution in [0.25, 0.3) is 0 Å². The van der Waals surface area contributed by atoms with E-state index < -0.39 is 17.6 Å². The van der Waals surface area contributed by atoms with Crippen LogP contribution in [-0.4, -0.2) is 63.1 Å². The van der Waals surface area contributed by atoms with Gasteiger partial charge in [0.25, 0.3) is 0 Å². The first kappa shape index (κ1) is 25.9. The van der Waals surface area contributed by atoms with Crippen LogP contribution in [0, 0.1) is 0 Å². The molecule has 2 aromatic rings. The monoisotopic (exact) mass is 470 g/mol. The SMILES string of the molecule is CCO[Si](CCCn1ccnc1)(OCC)O[Si](CCCn1ccnc1)(OCC)OCC. The Morgan fingerprint density at radius 1 is 0.645 bits per heavy atom. The van der Waals surface area contributed by atoms with Crippen molar-refractivity contribution in [2.75, 3.05) is 26.4 Å². The molecule has 0 radical (unpaired) electrons. The molecule has 0 aromatic carbocycles. The maximum atomic E-state index is 6.77. The molecule has 2 rings (SSSR count). The number of aromatic nitrogens is 4. The van der Waals surface area contributed by atoms with Gasteiger partial charge >= 0.3 is 17.6 Å². The van der Waals surface area contributed by atoms with Gasteiger partial charge in [0, 0.05) is 76.4 Å². The van der Waals surface area contributed by atoms with Crippen molar-refractivity contribution < 1.29 is 21.8 Å². The lowest BCUT2D eigenvalue weighted by Gasteiger charge is -2.38. The third kappa shape index (κ3) is 8.60. The van der Waals surface area contributed by atoms with E-state index in [1.165, 1.54) is 0 Å². The summed E-state index contributed by atoms with van der Waals surface area (Å²) < 4.78 is 35.7. The highest BCUT2D eigenvalue weighted by Crippen LogP contribution is 2.28. The van der Waals surface area contributed by atoms with Gasteiger partial charge in [-0.1, -0.05) is 0 Å². The minimum Gasteiger partial charge on any atom is -0.374 e. The molecule has 0 aliphatic rings. The molecule has 0 saturated carbocycles. The Morgan fingerprint density at radius 2 is 1.03 bits per heavy atom. The summed E-state index contributed by atoms with van der Waals surface area (Å²) in [6.07, 6.45) is 12.9. The topological polar surface area (TPSA) is 81.8 Å². The first-order valence-electron chi connectivity index (χ1n) is 11.3. The lowest BCUT2D eigenvalue weighted by Crippen LogP contribution is -2.59. The second-order valence-corrected chi connectivity index (χ2v) is 12.7. The highest BCUT2D eigenvalue weighted by Gasteiger charge is 2.52. The molecule has 176 valence electrons. The fourth-order valence-electron chi connectivity index (χ4n) is 3.50. The molecular formula is C20H38N4O5Si2. The van der Waals surface area contributed by atoms with Crippen molar-refractivity contribution in [2.45, 2.75) is 65.7 Å². The number of hydrogen-bond acceptors (Lipinski definition) is 7. The average molecular weight is 471 g/mol. The third-order valence-electron chi connectivity index (χ3n) is 4.68. The van der Waals surface area contributed by atoms with Gasteiger partial charge < -0.3 is 31.0 Å². The van der Waals surface area contributed by atoms with E-state index in [1.54, 1.807) is 12.4 Å². The summed E-state index contributed by atoms with van der Waals surface area (Å²) in [6, 6.07) is 1.40. The fraction of sp³-hybridized carbons (Fsp3) is 0.700. The number of rotatable bonds is 18. The van der Waals surface area contributed by atoms with Crippen LogP contribution in [0.2, 0.25) is 12.1 Å². The maximum Gasteiger partial charge on any atom is 0.493 e. The largest absolute Gasteiger partial charge is 0.493 e. The van der Waals surface area contributed by atoms with Crippen molar-refractivity contribution in [1.82, 2.24) is 19.1 Å². The van der Waals surface area contributed by atoms with Crippen LogP contribution in [0.4, 0.5) is 0 Å². The molecule has 0 amide bonds. The average Bonchev–Trinajstić information content (AvgIpc) is 3.43. The van der Waals surface area contributed by atoms with E-state index in [4.69, 9.17) is 21.8 Å². The number of imidazole rings is 2. The van der Waals surface area contributed by atoms with Crippen molar-refractivity contribution >= 4 is 17.6 Å². The zero-order valence-corrected chi connectivity index (χ0v) is 21.4. The van der Waals surface area contributed by atoms with Crippen LogP contribution in [-0.2, 0) is 34.9 Å². The molecule has 0 N–H and O–H groups in total. The van der Waals surface area contributed by atoms with Crippen LogP contribution < -0.4 is 0 Å². The van der Waals surface area contributed by atoms with Gasteiger partial charge in [-0.15, -0.1) is 0 Å². The molecule has 0 aliphatic heterocycles. The summed E-state index contributed by atoms with van der Waals surface area (Å²) in [5.41, 5.74) is 0. The van der Waals surface area contributed by atoms with E-state index >= 15 is 0 Å². The van der Waals surface area contributed by atoms with Crippen molar-refractivity contribution in [2.24, 2.45) is 0 Å². The third-order valence-corrected chi connectivity index (χ3v) is 12.0. The molecule has 0 spiro atoms. The summed E-state index contributed by atoms with van der Waals surface area (Å²) in [5.74, 6) is 0. The van der Waals surface area contributed by atoms with Crippen LogP contribution >= 0.6 is 0 Å². The predicted molar refractivity (Wildman–Crippen MR) is 122 cm³/mol. The van der Waals surface area contributed by atoms with Crippen LogP contribution in [0.5, 0.6) is 0 Å². The molecule has 0 bridgehead atoms. The molecule has 2 heterocycles. The standard InChI is InChI=1S/C20H38N4O5Si2/c1-5-25-30(26-6-2,17-9-13-23-15-11-21-19-23)29-31(27-7-3,28-8-4)18-10-14-24-16-12-22-20-24/h11-12,15-16,19-20H,5-10,13-14,17-18H2,1-4H3. The summed E-state index contributed by atoms with van der Waals surface area (Å²) >= 11 is 0. The molecule has 0 aliphatic carbocycles. The zero-order chi connectivity index (χ0) is 22.4. The molecule has 0 atom stereocenters. The summed E-state index contributed by atoms with van der Waals surface area (Å²) in [5, 5.41) is 0. The van der Waals surface area contributed by atoms with Gasteiger partial charge in [0.1, 0.15) is 0 Å². The van der Waals surface area contributed by atoms with E-state index in [2.05, 4.69) is 19.1 Å². The Balaban J connectivity index is 2.14. The first-order valence-corrected chi connectivity index (χ1v) is 15.1. The maximum absolute atomic E-state index is 6.77. The van der Waals surface area contributed by atoms with Crippen molar-refractivity contribution in [3.63, 3.8) is 0 Å². The Morgan fingerprint density at radius 3 is 1.32 bits per heavy atom. The van der Waals surface area contributed by atoms with Gasteiger partial charge in [0.05, 0.1) is 12.7 Å². The van der Waals surface area contributed by atoms with Gasteiger partial charge in [-0.2, -0.15) is 0 Å². The van der Waals surface area contributed by atoms with E-state index in [-0.39, 0.29) is 0 Å². The first-order chi connectivity index (χ1) is 15.1. The predicted octanol–water partition coefficient (Wildman–Crippen LogP) is 3.60. The van der Waals surface area contributed by atoms with Gasteiger partial charge in [0.15, 0.2) is 0 Å². The quantitative estimate of drug-likeness (QED) is 0.308. The number of aryl methyl sites for hydroxylation is 2. The summed E-state index contributed by atoms with van der Waals surface area (Å²) in [7, 11) is -5.99. The summed E-state index contributed by atoms with van der Waals surface area (Å²) in [4.78, 5) is 8.23. The van der Waals surface area contributed by atoms with E-state index in [1.807, 2.05) is 52.7 Å². The number of hydrogen-bond donors (Lipinski definition) is 0. The number of nitrogens with zero attached hydrogens (tertiary/aromatic N) is 4. The van der Waals surface area contributed by atoms with E-state index in [0.29, 0.717) is 38.5 Å². The van der Waals surface area contributed by atoms with Crippen molar-refractivity contribution in [3.8, 4) is 0 Å². The molecule has 0 saturated heterocycles. The molecule has 31 heavy (non-hydrogen) atoms. The Kier molecular flexibility index (Phi) is 11.6. The minimum atomic E-state index is -3.00. The minimum absolute atomic E-state index is 0.523. The lowest BCUT2D eigenvalue weighted by molar-refractivity contribution is 0.0485. The molecule has 0 unspecified atom stereocenters. The van der Waals surface area contributed by atoms with Gasteiger partial charge in [0.2, 0.25) is 0 Å². The Bertz CT molecular complexity index is 618. The highest BCUT2D eigenvalue weighted by molar-refractivity contribution is 6.75. The highest BCUT2D eigenvalue weighted by atomic mass is 28.5. The Hall–Kier alpha value is -1.35. The normalized spacial score (nSPS) is 12.5. The smallest absolute Gasteiger partial charge is 0.374 e. The van der Waals surface area contributed by atoms with E-state index in [0.717, 1.165) is 25.9 Å². The Labute approximate surface area is 188 Å². The van der Waals surface area contributed by atoms with Crippen molar-refractivity contribution in [3.05, 3.63) is 37.4 Å². The fourth-order valence-corrected chi connectivity index (χ4v) is 10.8. The van der Waals surface area contributed by atoms with Gasteiger partial charge in [-0.05, 0) is 40.5 Å². The second kappa shape index (κ2) is 13.9. The lowest BCUT2D eigenvalue weighted by atomic mass is 10.5. The van der Waals surface area contributed by atoms with Crippen LogP contribution in [0.3, 0.4) is 0 Å². The van der Waals surface area contributed by atoms with Crippen LogP contribution in [0.1, 0.15) is 40.5 Å². The van der Waals surface area contributed by atoms with E-state index in [9.17, 15) is 0 Å². The molecule has 2 aromatic heterocycles. The van der Waals surface area contributed by atoms with Crippen LogP contribution in [0.15, 0.2) is 37.4 Å². The van der Waals surface area contributed by atoms with Gasteiger partial charge in [-0.3, -0.25) is 0 Å². The van der Waals surface area contributed by atoms with Gasteiger partial charge in [-0.25, -0.2) is 9.97 Å². The molecule has 11 heteroatoms.